The van der Waals surface area contributed by atoms with E-state index in [2.05, 4.69) is 14.2 Å². The van der Waals surface area contributed by atoms with Gasteiger partial charge in [0.25, 0.3) is 11.8 Å². The van der Waals surface area contributed by atoms with E-state index in [0.29, 0.717) is 58.6 Å². The summed E-state index contributed by atoms with van der Waals surface area (Å²) >= 11 is 0. The highest BCUT2D eigenvalue weighted by Gasteiger charge is 2.36. The fraction of sp³-hybridized carbons (Fsp3) is 0.436. The van der Waals surface area contributed by atoms with Crippen LogP contribution in [0.15, 0.2) is 68.8 Å². The van der Waals surface area contributed by atoms with Crippen LogP contribution in [0.5, 0.6) is 0 Å². The van der Waals surface area contributed by atoms with Gasteiger partial charge in [0.05, 0.1) is 21.8 Å². The zero-order valence-corrected chi connectivity index (χ0v) is 33.0. The predicted octanol–water partition coefficient (Wildman–Crippen LogP) is 4.46. The molecule has 1 saturated carbocycles. The molecule has 2 fully saturated rings. The van der Waals surface area contributed by atoms with E-state index in [0.717, 1.165) is 43.3 Å². The third-order valence-electron chi connectivity index (χ3n) is 10.7. The summed E-state index contributed by atoms with van der Waals surface area (Å²) in [6, 6.07) is 14.8. The average Bonchev–Trinajstić information content (AvgIpc) is 3.48. The molecule has 2 heterocycles. The van der Waals surface area contributed by atoms with Crippen LogP contribution in [0.3, 0.4) is 0 Å². The van der Waals surface area contributed by atoms with Gasteiger partial charge in [0.15, 0.2) is 0 Å². The van der Waals surface area contributed by atoms with Gasteiger partial charge in [-0.25, -0.2) is 30.9 Å². The summed E-state index contributed by atoms with van der Waals surface area (Å²) in [6.45, 7) is 11.2. The van der Waals surface area contributed by atoms with Crippen LogP contribution < -0.4 is 19.6 Å². The molecular weight excluding hydrogens is 749 g/mol. The van der Waals surface area contributed by atoms with Crippen LogP contribution in [0.1, 0.15) is 66.2 Å². The Balaban J connectivity index is 1.31. The molecular formula is C39H46N4O10S2. The van der Waals surface area contributed by atoms with Crippen molar-refractivity contribution < 1.29 is 45.0 Å². The lowest BCUT2D eigenvalue weighted by Crippen LogP contribution is -2.37. The van der Waals surface area contributed by atoms with Crippen molar-refractivity contribution in [2.75, 3.05) is 37.6 Å². The van der Waals surface area contributed by atoms with Crippen LogP contribution in [0, 0.1) is 11.8 Å². The first-order valence-corrected chi connectivity index (χ1v) is 21.6. The highest BCUT2D eigenvalue weighted by Crippen LogP contribution is 2.43. The van der Waals surface area contributed by atoms with Gasteiger partial charge in [0.1, 0.15) is 34.6 Å². The number of nitrogens with one attached hydrogen (secondary N) is 1. The van der Waals surface area contributed by atoms with E-state index in [9.17, 15) is 35.8 Å². The highest BCUT2D eigenvalue weighted by atomic mass is 32.2. The zero-order chi connectivity index (χ0) is 39.7. The first-order chi connectivity index (χ1) is 26.2. The second kappa shape index (κ2) is 16.2. The molecule has 16 heteroatoms. The summed E-state index contributed by atoms with van der Waals surface area (Å²) in [5.74, 6) is -2.01. The molecule has 2 aromatic carbocycles. The van der Waals surface area contributed by atoms with E-state index in [-0.39, 0.29) is 35.8 Å². The second-order valence-electron chi connectivity index (χ2n) is 13.9. The molecule has 294 valence electrons. The number of imide groups is 1. The third-order valence-corrected chi connectivity index (χ3v) is 13.0. The molecule has 0 bridgehead atoms. The molecule has 1 saturated heterocycles. The molecule has 2 amide bonds. The lowest BCUT2D eigenvalue weighted by atomic mass is 9.82. The largest absolute Gasteiger partial charge is 0.744 e. The minimum atomic E-state index is -5.20. The summed E-state index contributed by atoms with van der Waals surface area (Å²) in [4.78, 5) is 42.4. The molecule has 1 N–H and O–H groups in total. The zero-order valence-electron chi connectivity index (χ0n) is 31.4. The minimum absolute atomic E-state index is 0.00377. The lowest BCUT2D eigenvalue weighted by molar-refractivity contribution is -0.201. The van der Waals surface area contributed by atoms with Crippen molar-refractivity contribution in [3.8, 4) is 22.5 Å². The van der Waals surface area contributed by atoms with E-state index in [4.69, 9.17) is 9.25 Å². The fourth-order valence-electron chi connectivity index (χ4n) is 7.55. The molecule has 0 radical (unpaired) electrons. The topological polar surface area (TPSA) is 186 Å². The number of benzene rings is 3. The van der Waals surface area contributed by atoms with E-state index < -0.39 is 48.7 Å². The van der Waals surface area contributed by atoms with Gasteiger partial charge < -0.3 is 18.7 Å². The Morgan fingerprint density at radius 3 is 2.16 bits per heavy atom. The standard InChI is InChI=1S/C39H46N4O10S2/c1-5-41(6-2)27-13-16-30-33(21-27)52-34-22-28(42(7-3)8-4)14-17-31(34)38(30)32-18-15-29(23-35(32)55(49,50)51)54(47,48)40-24-25-9-11-26(12-10-25)39(46)53-43-36(44)19-20-37(43)45/h13-18,21-23,25-26,40H,5-12,19-20,24H2,1-4H3. The molecule has 2 aliphatic heterocycles. The Labute approximate surface area is 320 Å². The minimum Gasteiger partial charge on any atom is -0.744 e. The molecule has 0 aromatic heterocycles. The predicted molar refractivity (Wildman–Crippen MR) is 204 cm³/mol. The number of carbonyl (C=O) groups is 3. The molecule has 55 heavy (non-hydrogen) atoms. The van der Waals surface area contributed by atoms with Crippen molar-refractivity contribution in [2.24, 2.45) is 11.8 Å². The number of hydroxylamine groups is 2. The molecule has 14 nitrogen and oxygen atoms in total. The van der Waals surface area contributed by atoms with E-state index in [1.807, 2.05) is 64.1 Å². The second-order valence-corrected chi connectivity index (χ2v) is 17.0. The van der Waals surface area contributed by atoms with Gasteiger partial charge in [-0.3, -0.25) is 9.59 Å². The number of rotatable bonds is 13. The van der Waals surface area contributed by atoms with Crippen molar-refractivity contribution in [2.45, 2.75) is 76.0 Å². The fourth-order valence-corrected chi connectivity index (χ4v) is 9.47. The van der Waals surface area contributed by atoms with E-state index >= 15 is 0 Å². The lowest BCUT2D eigenvalue weighted by Gasteiger charge is -2.28. The number of hydrogen-bond acceptors (Lipinski definition) is 11. The van der Waals surface area contributed by atoms with Crippen molar-refractivity contribution in [1.82, 2.24) is 14.4 Å². The van der Waals surface area contributed by atoms with Gasteiger partial charge in [-0.05, 0) is 89.6 Å². The van der Waals surface area contributed by atoms with E-state index in [1.165, 1.54) is 12.1 Å². The van der Waals surface area contributed by atoms with E-state index in [1.54, 1.807) is 0 Å². The monoisotopic (exact) mass is 794 g/mol. The van der Waals surface area contributed by atoms with Crippen LogP contribution in [0.25, 0.3) is 33.4 Å². The van der Waals surface area contributed by atoms with Crippen LogP contribution in [-0.2, 0) is 39.4 Å². The molecule has 0 unspecified atom stereocenters. The summed E-state index contributed by atoms with van der Waals surface area (Å²) in [6.07, 6.45) is 1.66. The molecule has 4 aliphatic rings. The Morgan fingerprint density at radius 1 is 0.891 bits per heavy atom. The maximum Gasteiger partial charge on any atom is 0.336 e. The average molecular weight is 795 g/mol. The van der Waals surface area contributed by atoms with Gasteiger partial charge in [-0.1, -0.05) is 6.07 Å². The van der Waals surface area contributed by atoms with Crippen molar-refractivity contribution >= 4 is 54.6 Å². The molecule has 2 aromatic rings. The summed E-state index contributed by atoms with van der Waals surface area (Å²) in [5.41, 5.74) is 2.40. The molecule has 6 rings (SSSR count). The van der Waals surface area contributed by atoms with Crippen LogP contribution in [-0.4, -0.2) is 77.0 Å². The Bertz CT molecular complexity index is 2370. The number of fused-ring (bicyclic) bond motifs is 2. The summed E-state index contributed by atoms with van der Waals surface area (Å²) < 4.78 is 77.3. The molecule has 0 atom stereocenters. The first kappa shape index (κ1) is 40.0. The first-order valence-electron chi connectivity index (χ1n) is 18.7. The molecule has 2 aliphatic carbocycles. The van der Waals surface area contributed by atoms with Crippen molar-refractivity contribution in [1.29, 1.82) is 0 Å². The van der Waals surface area contributed by atoms with Gasteiger partial charge in [-0.15, -0.1) is 5.06 Å². The van der Waals surface area contributed by atoms with Gasteiger partial charge in [0.2, 0.25) is 15.4 Å². The summed E-state index contributed by atoms with van der Waals surface area (Å²) in [7, 11) is -9.49. The number of hydrogen-bond donors (Lipinski definition) is 1. The van der Waals surface area contributed by atoms with Gasteiger partial charge in [0, 0.05) is 72.4 Å². The number of amides is 2. The smallest absolute Gasteiger partial charge is 0.336 e. The quantitative estimate of drug-likeness (QED) is 0.0872. The number of nitrogens with zero attached hydrogens (tertiary/aromatic N) is 3. The Hall–Kier alpha value is -4.64. The third kappa shape index (κ3) is 8.32. The Morgan fingerprint density at radius 2 is 1.55 bits per heavy atom. The Kier molecular flexibility index (Phi) is 11.8. The van der Waals surface area contributed by atoms with Crippen molar-refractivity contribution in [3.63, 3.8) is 0 Å². The number of anilines is 1. The van der Waals surface area contributed by atoms with Crippen LogP contribution >= 0.6 is 0 Å². The number of sulfonamides is 1. The maximum absolute atomic E-state index is 13.6. The number of carbonyl (C=O) groups excluding carboxylic acids is 3. The maximum atomic E-state index is 13.6. The van der Waals surface area contributed by atoms with Gasteiger partial charge in [-0.2, -0.15) is 0 Å². The van der Waals surface area contributed by atoms with Crippen LogP contribution in [0.4, 0.5) is 5.69 Å². The summed E-state index contributed by atoms with van der Waals surface area (Å²) in [5, 5.41) is 1.98. The van der Waals surface area contributed by atoms with Gasteiger partial charge >= 0.3 is 5.97 Å². The van der Waals surface area contributed by atoms with Crippen molar-refractivity contribution in [3.05, 3.63) is 60.0 Å². The normalized spacial score (nSPS) is 17.9. The SMILES string of the molecule is CCN(CC)c1ccc2c(-c3ccc(S(=O)(=O)NCC4CCC(C(=O)ON5C(=O)CCC5=O)CC4)cc3S(=O)(=O)[O-])c3ccc(=[N+](CC)CC)cc-3oc2c1. The van der Waals surface area contributed by atoms with Crippen LogP contribution in [0.2, 0.25) is 0 Å². The highest BCUT2D eigenvalue weighted by molar-refractivity contribution is 7.89. The molecule has 0 spiro atoms.